The number of nitrogens with two attached hydrogens (primary N) is 1. The van der Waals surface area contributed by atoms with Crippen LogP contribution in [0.4, 0.5) is 0 Å². The number of carbonyl (C=O) groups is 4. The van der Waals surface area contributed by atoms with Crippen LogP contribution in [0.5, 0.6) is 0 Å². The lowest BCUT2D eigenvalue weighted by Gasteiger charge is -2.28. The maximum absolute atomic E-state index is 13.1. The summed E-state index contributed by atoms with van der Waals surface area (Å²) in [5.74, 6) is -2.64. The number of aromatic amines is 2. The molecule has 1 saturated heterocycles. The summed E-state index contributed by atoms with van der Waals surface area (Å²) in [6.45, 7) is 1.88. The Bertz CT molecular complexity index is 1270. The van der Waals surface area contributed by atoms with Gasteiger partial charge in [0, 0.05) is 42.0 Å². The van der Waals surface area contributed by atoms with Gasteiger partial charge in [-0.3, -0.25) is 14.4 Å². The molecule has 196 valence electrons. The first-order chi connectivity index (χ1) is 17.7. The highest BCUT2D eigenvalue weighted by Gasteiger charge is 2.38. The van der Waals surface area contributed by atoms with E-state index in [2.05, 4.69) is 25.6 Å². The maximum Gasteiger partial charge on any atom is 0.326 e. The van der Waals surface area contributed by atoms with E-state index in [0.717, 1.165) is 16.5 Å². The molecule has 3 amide bonds. The summed E-state index contributed by atoms with van der Waals surface area (Å²) in [6.07, 6.45) is 6.03. The van der Waals surface area contributed by atoms with Crippen LogP contribution < -0.4 is 16.4 Å². The number of aliphatic carboxylic acids is 1. The fraction of sp³-hybridized carbons (Fsp3) is 0.400. The zero-order chi connectivity index (χ0) is 26.5. The molecule has 4 unspecified atom stereocenters. The number of aromatic nitrogens is 3. The summed E-state index contributed by atoms with van der Waals surface area (Å²) in [5.41, 5.74) is 8.55. The molecule has 0 aliphatic carbocycles. The van der Waals surface area contributed by atoms with E-state index >= 15 is 0 Å². The Balaban J connectivity index is 1.34. The van der Waals surface area contributed by atoms with Crippen LogP contribution in [0.3, 0.4) is 0 Å². The van der Waals surface area contributed by atoms with Crippen molar-refractivity contribution < 1.29 is 24.3 Å². The molecule has 12 nitrogen and oxygen atoms in total. The second kappa shape index (κ2) is 11.2. The largest absolute Gasteiger partial charge is 0.480 e. The fourth-order valence-electron chi connectivity index (χ4n) is 4.65. The van der Waals surface area contributed by atoms with Gasteiger partial charge in [-0.05, 0) is 37.8 Å². The van der Waals surface area contributed by atoms with Gasteiger partial charge in [-0.1, -0.05) is 18.2 Å². The Morgan fingerprint density at radius 3 is 2.70 bits per heavy atom. The number of benzene rings is 1. The van der Waals surface area contributed by atoms with Gasteiger partial charge in [-0.25, -0.2) is 9.78 Å². The van der Waals surface area contributed by atoms with Crippen LogP contribution in [-0.2, 0) is 32.0 Å². The monoisotopic (exact) mass is 509 g/mol. The first kappa shape index (κ1) is 25.9. The number of carboxylic acids is 1. The van der Waals surface area contributed by atoms with E-state index in [9.17, 15) is 24.3 Å². The van der Waals surface area contributed by atoms with E-state index in [1.165, 1.54) is 17.4 Å². The Kier molecular flexibility index (Phi) is 7.87. The van der Waals surface area contributed by atoms with Gasteiger partial charge in [-0.2, -0.15) is 0 Å². The molecule has 0 spiro atoms. The lowest BCUT2D eigenvalue weighted by Crippen LogP contribution is -2.56. The minimum Gasteiger partial charge on any atom is -0.480 e. The number of amides is 3. The van der Waals surface area contributed by atoms with Crippen LogP contribution in [0, 0.1) is 0 Å². The molecular weight excluding hydrogens is 478 g/mol. The highest BCUT2D eigenvalue weighted by Crippen LogP contribution is 2.20. The molecule has 1 aliphatic heterocycles. The van der Waals surface area contributed by atoms with Crippen molar-refractivity contribution in [1.82, 2.24) is 30.5 Å². The highest BCUT2D eigenvalue weighted by molar-refractivity contribution is 5.94. The number of likely N-dealkylation sites (tertiary alicyclic amines) is 1. The molecule has 2 aromatic heterocycles. The third-order valence-electron chi connectivity index (χ3n) is 6.61. The third kappa shape index (κ3) is 5.97. The van der Waals surface area contributed by atoms with Gasteiger partial charge < -0.3 is 36.3 Å². The Morgan fingerprint density at radius 1 is 1.19 bits per heavy atom. The van der Waals surface area contributed by atoms with E-state index in [1.54, 1.807) is 6.92 Å². The second-order valence-electron chi connectivity index (χ2n) is 9.27. The molecule has 0 saturated carbocycles. The standard InChI is InChI=1S/C25H31N7O5/c1-14(30-22(33)18(26)9-15-11-28-19-6-3-2-5-17(15)19)24(35)32-8-4-7-21(32)23(34)31-20(25(36)37)10-16-12-27-13-29-16/h2-3,5-6,11-14,18,20-21,28H,4,7-10,26H2,1H3,(H,27,29)(H,30,33)(H,31,34)(H,36,37). The van der Waals surface area contributed by atoms with Crippen LogP contribution >= 0.6 is 0 Å². The predicted molar refractivity (Wildman–Crippen MR) is 134 cm³/mol. The molecule has 1 aliphatic rings. The lowest BCUT2D eigenvalue weighted by atomic mass is 10.0. The number of H-pyrrole nitrogens is 2. The van der Waals surface area contributed by atoms with Gasteiger partial charge in [0.25, 0.3) is 0 Å². The number of nitrogens with one attached hydrogen (secondary N) is 4. The summed E-state index contributed by atoms with van der Waals surface area (Å²) >= 11 is 0. The van der Waals surface area contributed by atoms with Crippen molar-refractivity contribution in [2.75, 3.05) is 6.54 Å². The molecule has 4 atom stereocenters. The molecule has 12 heteroatoms. The zero-order valence-corrected chi connectivity index (χ0v) is 20.4. The predicted octanol–water partition coefficient (Wildman–Crippen LogP) is 0.0686. The second-order valence-corrected chi connectivity index (χ2v) is 9.27. The summed E-state index contributed by atoms with van der Waals surface area (Å²) < 4.78 is 0. The van der Waals surface area contributed by atoms with Gasteiger partial charge in [0.2, 0.25) is 17.7 Å². The number of fused-ring (bicyclic) bond motifs is 1. The minimum atomic E-state index is -1.19. The number of para-hydroxylation sites is 1. The maximum atomic E-state index is 13.1. The number of hydrogen-bond acceptors (Lipinski definition) is 6. The Morgan fingerprint density at radius 2 is 1.97 bits per heavy atom. The van der Waals surface area contributed by atoms with Gasteiger partial charge in [0.1, 0.15) is 18.1 Å². The van der Waals surface area contributed by atoms with Crippen LogP contribution in [0.15, 0.2) is 43.0 Å². The van der Waals surface area contributed by atoms with Crippen molar-refractivity contribution in [3.8, 4) is 0 Å². The number of nitrogens with zero attached hydrogens (tertiary/aromatic N) is 2. The summed E-state index contributed by atoms with van der Waals surface area (Å²) in [5, 5.41) is 15.7. The quantitative estimate of drug-likeness (QED) is 0.223. The van der Waals surface area contributed by atoms with Crippen LogP contribution in [0.25, 0.3) is 10.9 Å². The number of rotatable bonds is 10. The van der Waals surface area contributed by atoms with Crippen molar-refractivity contribution in [1.29, 1.82) is 0 Å². The van der Waals surface area contributed by atoms with Crippen molar-refractivity contribution in [2.24, 2.45) is 5.73 Å². The number of carbonyl (C=O) groups excluding carboxylic acids is 3. The SMILES string of the molecule is CC(NC(=O)C(N)Cc1c[nH]c2ccccc12)C(=O)N1CCCC1C(=O)NC(Cc1cnc[nH]1)C(=O)O. The summed E-state index contributed by atoms with van der Waals surface area (Å²) in [6, 6.07) is 3.92. The Hall–Kier alpha value is -4.19. The van der Waals surface area contributed by atoms with Crippen molar-refractivity contribution in [3.63, 3.8) is 0 Å². The number of carboxylic acid groups (broad SMARTS) is 1. The zero-order valence-electron chi connectivity index (χ0n) is 20.4. The lowest BCUT2D eigenvalue weighted by molar-refractivity contribution is -0.144. The molecule has 1 fully saturated rings. The number of imidazole rings is 1. The molecule has 37 heavy (non-hydrogen) atoms. The average molecular weight is 510 g/mol. The molecule has 3 heterocycles. The molecule has 4 rings (SSSR count). The average Bonchev–Trinajstić information content (AvgIpc) is 3.64. The first-order valence-electron chi connectivity index (χ1n) is 12.2. The third-order valence-corrected chi connectivity index (χ3v) is 6.61. The van der Waals surface area contributed by atoms with Crippen LogP contribution in [0.1, 0.15) is 31.0 Å². The summed E-state index contributed by atoms with van der Waals surface area (Å²) in [4.78, 5) is 61.7. The molecule has 0 radical (unpaired) electrons. The fourth-order valence-corrected chi connectivity index (χ4v) is 4.65. The van der Waals surface area contributed by atoms with Crippen molar-refractivity contribution >= 4 is 34.6 Å². The molecule has 3 aromatic rings. The normalized spacial score (nSPS) is 17.8. The highest BCUT2D eigenvalue weighted by atomic mass is 16.4. The smallest absolute Gasteiger partial charge is 0.326 e. The van der Waals surface area contributed by atoms with Gasteiger partial charge >= 0.3 is 5.97 Å². The van der Waals surface area contributed by atoms with E-state index < -0.39 is 47.9 Å². The van der Waals surface area contributed by atoms with E-state index in [0.29, 0.717) is 31.5 Å². The molecular formula is C25H31N7O5. The number of hydrogen-bond donors (Lipinski definition) is 6. The van der Waals surface area contributed by atoms with Crippen molar-refractivity contribution in [2.45, 2.75) is 56.8 Å². The Labute approximate surface area is 213 Å². The van der Waals surface area contributed by atoms with Gasteiger partial charge in [0.15, 0.2) is 0 Å². The molecule has 1 aromatic carbocycles. The van der Waals surface area contributed by atoms with Crippen LogP contribution in [0.2, 0.25) is 0 Å². The van der Waals surface area contributed by atoms with E-state index in [-0.39, 0.29) is 6.42 Å². The van der Waals surface area contributed by atoms with Crippen LogP contribution in [-0.4, -0.2) is 79.4 Å². The summed E-state index contributed by atoms with van der Waals surface area (Å²) in [7, 11) is 0. The van der Waals surface area contributed by atoms with E-state index in [4.69, 9.17) is 5.73 Å². The topological polar surface area (TPSA) is 186 Å². The van der Waals surface area contributed by atoms with E-state index in [1.807, 2.05) is 30.5 Å². The minimum absolute atomic E-state index is 0.0303. The van der Waals surface area contributed by atoms with Gasteiger partial charge in [-0.15, -0.1) is 0 Å². The van der Waals surface area contributed by atoms with Gasteiger partial charge in [0.05, 0.1) is 12.4 Å². The van der Waals surface area contributed by atoms with Crippen molar-refractivity contribution in [3.05, 3.63) is 54.2 Å². The molecule has 7 N–H and O–H groups in total. The molecule has 0 bridgehead atoms. The first-order valence-corrected chi connectivity index (χ1v) is 12.2.